The summed E-state index contributed by atoms with van der Waals surface area (Å²) in [5.41, 5.74) is 1.47. The van der Waals surface area contributed by atoms with Crippen molar-refractivity contribution in [1.29, 1.82) is 0 Å². The smallest absolute Gasteiger partial charge is 0.270 e. The van der Waals surface area contributed by atoms with Gasteiger partial charge in [0, 0.05) is 25.2 Å². The maximum absolute atomic E-state index is 12.5. The number of fused-ring (bicyclic) bond motifs is 2. The third kappa shape index (κ3) is 2.29. The van der Waals surface area contributed by atoms with Gasteiger partial charge in [-0.2, -0.15) is 5.10 Å². The molecule has 0 radical (unpaired) electrons. The summed E-state index contributed by atoms with van der Waals surface area (Å²) in [6.45, 7) is 1.90. The molecule has 2 aliphatic heterocycles. The lowest BCUT2D eigenvalue weighted by Crippen LogP contribution is -2.49. The molecule has 0 spiro atoms. The predicted molar refractivity (Wildman–Crippen MR) is 80.7 cm³/mol. The van der Waals surface area contributed by atoms with Crippen LogP contribution in [0.3, 0.4) is 0 Å². The molecule has 1 aromatic heterocycles. The zero-order valence-corrected chi connectivity index (χ0v) is 13.8. The Morgan fingerprint density at radius 1 is 1.30 bits per heavy atom. The highest BCUT2D eigenvalue weighted by Gasteiger charge is 2.39. The number of nitrogens with zero attached hydrogens (tertiary/aromatic N) is 3. The van der Waals surface area contributed by atoms with Gasteiger partial charge in [-0.05, 0) is 55.6 Å². The van der Waals surface area contributed by atoms with Crippen LogP contribution in [-0.2, 0) is 7.05 Å². The first-order valence-electron chi connectivity index (χ1n) is 7.19. The van der Waals surface area contributed by atoms with Gasteiger partial charge in [-0.25, -0.2) is 0 Å². The highest BCUT2D eigenvalue weighted by molar-refractivity contribution is 9.10. The van der Waals surface area contributed by atoms with E-state index in [-0.39, 0.29) is 5.91 Å². The zero-order chi connectivity index (χ0) is 14.4. The standard InChI is InChI=1S/C14H21BrN4O/c1-8-12(15)13(19(3)17-8)14(20)16-9-6-10-4-5-11(7-9)18(10)2/h9-11H,4-7H2,1-3H3,(H,16,20). The van der Waals surface area contributed by atoms with Gasteiger partial charge in [0.2, 0.25) is 0 Å². The quantitative estimate of drug-likeness (QED) is 0.893. The third-order valence-electron chi connectivity index (χ3n) is 4.80. The van der Waals surface area contributed by atoms with Gasteiger partial charge in [0.05, 0.1) is 10.2 Å². The fourth-order valence-electron chi connectivity index (χ4n) is 3.66. The second kappa shape index (κ2) is 5.15. The molecule has 1 aromatic rings. The molecule has 2 unspecified atom stereocenters. The average molecular weight is 341 g/mol. The molecule has 1 amide bonds. The number of aromatic nitrogens is 2. The van der Waals surface area contributed by atoms with E-state index in [1.807, 2.05) is 14.0 Å². The maximum Gasteiger partial charge on any atom is 0.270 e. The van der Waals surface area contributed by atoms with Gasteiger partial charge in [0.15, 0.2) is 0 Å². The van der Waals surface area contributed by atoms with Crippen molar-refractivity contribution >= 4 is 21.8 Å². The second-order valence-corrected chi connectivity index (χ2v) is 6.86. The SMILES string of the molecule is Cc1nn(C)c(C(=O)NC2CC3CCC(C2)N3C)c1Br. The van der Waals surface area contributed by atoms with E-state index < -0.39 is 0 Å². The van der Waals surface area contributed by atoms with Crippen molar-refractivity contribution in [2.75, 3.05) is 7.05 Å². The topological polar surface area (TPSA) is 50.2 Å². The number of amides is 1. The summed E-state index contributed by atoms with van der Waals surface area (Å²) >= 11 is 3.46. The molecule has 2 saturated heterocycles. The van der Waals surface area contributed by atoms with Gasteiger partial charge in [-0.1, -0.05) is 0 Å². The van der Waals surface area contributed by atoms with Crippen LogP contribution in [-0.4, -0.2) is 45.8 Å². The van der Waals surface area contributed by atoms with Crippen LogP contribution in [0.15, 0.2) is 4.47 Å². The van der Waals surface area contributed by atoms with Crippen LogP contribution in [0.2, 0.25) is 0 Å². The van der Waals surface area contributed by atoms with E-state index in [0.29, 0.717) is 23.8 Å². The normalized spacial score (nSPS) is 29.7. The fraction of sp³-hybridized carbons (Fsp3) is 0.714. The Morgan fingerprint density at radius 3 is 2.40 bits per heavy atom. The maximum atomic E-state index is 12.5. The zero-order valence-electron chi connectivity index (χ0n) is 12.2. The van der Waals surface area contributed by atoms with Gasteiger partial charge in [0.25, 0.3) is 5.91 Å². The van der Waals surface area contributed by atoms with E-state index in [1.54, 1.807) is 4.68 Å². The molecule has 2 bridgehead atoms. The Hall–Kier alpha value is -0.880. The predicted octanol–water partition coefficient (Wildman–Crippen LogP) is 1.85. The first kappa shape index (κ1) is 14.1. The van der Waals surface area contributed by atoms with Gasteiger partial charge in [0.1, 0.15) is 5.69 Å². The lowest BCUT2D eigenvalue weighted by atomic mass is 9.98. The van der Waals surface area contributed by atoms with Crippen LogP contribution >= 0.6 is 15.9 Å². The van der Waals surface area contributed by atoms with Crippen LogP contribution in [0, 0.1) is 6.92 Å². The van der Waals surface area contributed by atoms with Crippen molar-refractivity contribution < 1.29 is 4.79 Å². The fourth-order valence-corrected chi connectivity index (χ4v) is 4.18. The van der Waals surface area contributed by atoms with Crippen molar-refractivity contribution in [3.8, 4) is 0 Å². The number of aryl methyl sites for hydroxylation is 2. The molecule has 0 aliphatic carbocycles. The lowest BCUT2D eigenvalue weighted by molar-refractivity contribution is 0.0872. The number of piperidine rings is 1. The van der Waals surface area contributed by atoms with Crippen LogP contribution in [0.4, 0.5) is 0 Å². The van der Waals surface area contributed by atoms with Crippen LogP contribution in [0.1, 0.15) is 41.9 Å². The first-order valence-corrected chi connectivity index (χ1v) is 7.98. The van der Waals surface area contributed by atoms with Crippen molar-refractivity contribution in [2.45, 2.75) is 50.7 Å². The van der Waals surface area contributed by atoms with Gasteiger partial charge >= 0.3 is 0 Å². The number of hydrogen-bond acceptors (Lipinski definition) is 3. The van der Waals surface area contributed by atoms with Crippen LogP contribution in [0.5, 0.6) is 0 Å². The molecular weight excluding hydrogens is 320 g/mol. The van der Waals surface area contributed by atoms with Crippen molar-refractivity contribution in [1.82, 2.24) is 20.0 Å². The summed E-state index contributed by atoms with van der Waals surface area (Å²) in [5, 5.41) is 7.47. The number of carbonyl (C=O) groups is 1. The Labute approximate surface area is 127 Å². The van der Waals surface area contributed by atoms with E-state index in [2.05, 4.69) is 38.3 Å². The molecule has 5 nitrogen and oxygen atoms in total. The van der Waals surface area contributed by atoms with E-state index in [1.165, 1.54) is 12.8 Å². The Balaban J connectivity index is 1.71. The molecule has 2 aliphatic rings. The molecule has 20 heavy (non-hydrogen) atoms. The average Bonchev–Trinajstić information content (AvgIpc) is 2.74. The van der Waals surface area contributed by atoms with Crippen molar-refractivity contribution in [3.05, 3.63) is 15.9 Å². The van der Waals surface area contributed by atoms with Crippen molar-refractivity contribution in [3.63, 3.8) is 0 Å². The summed E-state index contributed by atoms with van der Waals surface area (Å²) in [5.74, 6) is -0.0195. The Bertz CT molecular complexity index is 528. The number of halogens is 1. The molecule has 0 aromatic carbocycles. The number of hydrogen-bond donors (Lipinski definition) is 1. The lowest BCUT2D eigenvalue weighted by Gasteiger charge is -2.36. The summed E-state index contributed by atoms with van der Waals surface area (Å²) in [7, 11) is 4.02. The minimum absolute atomic E-state index is 0.0195. The summed E-state index contributed by atoms with van der Waals surface area (Å²) in [6, 6.07) is 1.56. The highest BCUT2D eigenvalue weighted by atomic mass is 79.9. The third-order valence-corrected chi connectivity index (χ3v) is 5.75. The van der Waals surface area contributed by atoms with E-state index >= 15 is 0 Å². The van der Waals surface area contributed by atoms with E-state index in [9.17, 15) is 4.79 Å². The highest BCUT2D eigenvalue weighted by Crippen LogP contribution is 2.34. The van der Waals surface area contributed by atoms with Gasteiger partial charge in [-0.15, -0.1) is 0 Å². The van der Waals surface area contributed by atoms with Gasteiger partial charge in [-0.3, -0.25) is 9.48 Å². The van der Waals surface area contributed by atoms with Crippen LogP contribution < -0.4 is 5.32 Å². The number of carbonyl (C=O) groups excluding carboxylic acids is 1. The van der Waals surface area contributed by atoms with E-state index in [4.69, 9.17) is 0 Å². The number of rotatable bonds is 2. The van der Waals surface area contributed by atoms with E-state index in [0.717, 1.165) is 23.0 Å². The monoisotopic (exact) mass is 340 g/mol. The summed E-state index contributed by atoms with van der Waals surface area (Å²) in [6.07, 6.45) is 4.66. The minimum Gasteiger partial charge on any atom is -0.348 e. The first-order chi connectivity index (χ1) is 9.47. The Kier molecular flexibility index (Phi) is 3.62. The number of nitrogens with one attached hydrogen (secondary N) is 1. The molecule has 3 rings (SSSR count). The Morgan fingerprint density at radius 2 is 1.90 bits per heavy atom. The molecule has 0 saturated carbocycles. The summed E-state index contributed by atoms with van der Waals surface area (Å²) in [4.78, 5) is 14.9. The second-order valence-electron chi connectivity index (χ2n) is 6.06. The summed E-state index contributed by atoms with van der Waals surface area (Å²) < 4.78 is 2.45. The molecule has 2 atom stereocenters. The molecule has 6 heteroatoms. The largest absolute Gasteiger partial charge is 0.348 e. The molecular formula is C14H21BrN4O. The van der Waals surface area contributed by atoms with Gasteiger partial charge < -0.3 is 10.2 Å². The minimum atomic E-state index is -0.0195. The van der Waals surface area contributed by atoms with Crippen molar-refractivity contribution in [2.24, 2.45) is 7.05 Å². The molecule has 2 fully saturated rings. The molecule has 3 heterocycles. The molecule has 1 N–H and O–H groups in total. The molecule has 110 valence electrons. The van der Waals surface area contributed by atoms with Crippen LogP contribution in [0.25, 0.3) is 0 Å².